The van der Waals surface area contributed by atoms with E-state index in [1.54, 1.807) is 22.3 Å². The Morgan fingerprint density at radius 1 is 0.676 bits per heavy atom. The zero-order valence-corrected chi connectivity index (χ0v) is 27.0. The van der Waals surface area contributed by atoms with Crippen molar-refractivity contribution in [1.29, 1.82) is 0 Å². The smallest absolute Gasteiger partial charge is 1.00 e. The molecule has 3 unspecified atom stereocenters. The molecule has 1 aromatic rings. The van der Waals surface area contributed by atoms with Gasteiger partial charge in [0.2, 0.25) is 0 Å². The van der Waals surface area contributed by atoms with Gasteiger partial charge in [0, 0.05) is 0 Å². The van der Waals surface area contributed by atoms with Crippen LogP contribution in [0.5, 0.6) is 0 Å². The fourth-order valence-corrected chi connectivity index (χ4v) is 5.49. The summed E-state index contributed by atoms with van der Waals surface area (Å²) in [5.41, 5.74) is 6.90. The average Bonchev–Trinajstić information content (AvgIpc) is 3.13. The van der Waals surface area contributed by atoms with Crippen molar-refractivity contribution in [3.63, 3.8) is 0 Å². The van der Waals surface area contributed by atoms with Crippen molar-refractivity contribution in [2.45, 2.75) is 144 Å². The van der Waals surface area contributed by atoms with Crippen LogP contribution in [0.4, 0.5) is 0 Å². The van der Waals surface area contributed by atoms with Gasteiger partial charge >= 0.3 is 21.7 Å². The van der Waals surface area contributed by atoms with Gasteiger partial charge < -0.3 is 29.7 Å². The first-order valence-corrected chi connectivity index (χ1v) is 14.0. The Kier molecular flexibility index (Phi) is 26.2. The van der Waals surface area contributed by atoms with Gasteiger partial charge in [-0.2, -0.15) is 16.7 Å². The van der Waals surface area contributed by atoms with Crippen LogP contribution < -0.4 is 24.8 Å². The van der Waals surface area contributed by atoms with E-state index in [1.165, 1.54) is 90.3 Å². The number of hydrogen-bond donors (Lipinski definition) is 0. The molecule has 0 aliphatic rings. The van der Waals surface area contributed by atoms with E-state index in [1.807, 2.05) is 0 Å². The summed E-state index contributed by atoms with van der Waals surface area (Å²) in [7, 11) is 0. The van der Waals surface area contributed by atoms with Crippen LogP contribution in [0.15, 0.2) is 6.07 Å². The first-order valence-electron chi connectivity index (χ1n) is 14.0. The Bertz CT molecular complexity index is 579. The minimum atomic E-state index is 0. The third-order valence-corrected chi connectivity index (χ3v) is 7.35. The molecule has 1 rings (SSSR count). The van der Waals surface area contributed by atoms with Crippen LogP contribution in [0, 0.1) is 0 Å². The summed E-state index contributed by atoms with van der Waals surface area (Å²) >= 11 is 0. The topological polar surface area (TPSA) is 3.24 Å². The van der Waals surface area contributed by atoms with Crippen molar-refractivity contribution >= 4 is 0 Å². The Labute approximate surface area is 242 Å². The number of unbranched alkanes of at least 4 members (excludes halogenated alkanes) is 2. The summed E-state index contributed by atoms with van der Waals surface area (Å²) in [6, 6.07) is 2.67. The van der Waals surface area contributed by atoms with Crippen LogP contribution in [0.25, 0.3) is 0 Å². The monoisotopic (exact) mass is 548 g/mol. The van der Waals surface area contributed by atoms with Crippen LogP contribution in [-0.4, -0.2) is 24.5 Å². The minimum absolute atomic E-state index is 0. The number of halogens is 2. The van der Waals surface area contributed by atoms with Gasteiger partial charge in [0.05, 0.1) is 0 Å². The van der Waals surface area contributed by atoms with Gasteiger partial charge in [-0.25, -0.2) is 6.07 Å². The number of hydrogen-bond acceptors (Lipinski definition) is 1. The molecule has 0 N–H and O–H groups in total. The largest absolute Gasteiger partial charge is 3.00 e. The van der Waals surface area contributed by atoms with Crippen LogP contribution in [-0.2, 0) is 28.1 Å². The van der Waals surface area contributed by atoms with Gasteiger partial charge in [0.1, 0.15) is 0 Å². The van der Waals surface area contributed by atoms with E-state index in [0.717, 1.165) is 0 Å². The molecule has 0 aliphatic heterocycles. The van der Waals surface area contributed by atoms with Crippen molar-refractivity contribution in [3.05, 3.63) is 28.3 Å². The third-order valence-electron chi connectivity index (χ3n) is 7.35. The van der Waals surface area contributed by atoms with Crippen molar-refractivity contribution < 1.29 is 46.5 Å². The summed E-state index contributed by atoms with van der Waals surface area (Å²) in [5.74, 6) is 2.07. The second-order valence-corrected chi connectivity index (χ2v) is 10.3. The van der Waals surface area contributed by atoms with E-state index in [-0.39, 0.29) is 46.5 Å². The van der Waals surface area contributed by atoms with Gasteiger partial charge in [-0.05, 0) is 57.2 Å². The molecule has 0 heterocycles. The van der Waals surface area contributed by atoms with E-state index in [4.69, 9.17) is 0 Å². The molecule has 34 heavy (non-hydrogen) atoms. The standard InChI is InChI=1S/C30H56N.2ClH.Ti/c1-9-14-20-31(21-15-10-2)22-19-27-28(24(6)16-11-3)23-29(25(7)17-12-4)30(27)26(8)18-13-5;;;/h23-26H,9-22H2,1-8H3;2*1H;/q-1;;;+3/p-2. The van der Waals surface area contributed by atoms with E-state index in [0.29, 0.717) is 17.8 Å². The van der Waals surface area contributed by atoms with Gasteiger partial charge in [0.25, 0.3) is 0 Å². The molecular formula is C30H56Cl2NTi. The Morgan fingerprint density at radius 3 is 1.62 bits per heavy atom. The first-order chi connectivity index (χ1) is 14.9. The fourth-order valence-electron chi connectivity index (χ4n) is 5.49. The molecule has 0 spiro atoms. The molecule has 199 valence electrons. The van der Waals surface area contributed by atoms with Crippen LogP contribution in [0.1, 0.15) is 160 Å². The van der Waals surface area contributed by atoms with Crippen LogP contribution in [0.2, 0.25) is 0 Å². The molecule has 0 saturated heterocycles. The Morgan fingerprint density at radius 2 is 1.15 bits per heavy atom. The van der Waals surface area contributed by atoms with Gasteiger partial charge in [-0.3, -0.25) is 0 Å². The molecule has 0 aromatic heterocycles. The first kappa shape index (κ1) is 39.1. The number of rotatable bonds is 18. The van der Waals surface area contributed by atoms with E-state index in [2.05, 4.69) is 66.4 Å². The predicted molar refractivity (Wildman–Crippen MR) is 142 cm³/mol. The maximum Gasteiger partial charge on any atom is 3.00 e. The molecule has 0 bridgehead atoms. The minimum Gasteiger partial charge on any atom is -1.00 e. The molecule has 0 amide bonds. The second kappa shape index (κ2) is 22.8. The summed E-state index contributed by atoms with van der Waals surface area (Å²) in [6.07, 6.45) is 14.3. The van der Waals surface area contributed by atoms with Gasteiger partial charge in [-0.1, -0.05) is 106 Å². The summed E-state index contributed by atoms with van der Waals surface area (Å²) in [4.78, 5) is 2.76. The summed E-state index contributed by atoms with van der Waals surface area (Å²) in [6.45, 7) is 22.9. The molecule has 1 aromatic carbocycles. The van der Waals surface area contributed by atoms with E-state index in [9.17, 15) is 0 Å². The summed E-state index contributed by atoms with van der Waals surface area (Å²) < 4.78 is 0. The van der Waals surface area contributed by atoms with Crippen molar-refractivity contribution in [3.8, 4) is 0 Å². The van der Waals surface area contributed by atoms with E-state index < -0.39 is 0 Å². The second-order valence-electron chi connectivity index (χ2n) is 10.3. The normalized spacial score (nSPS) is 13.6. The molecule has 3 atom stereocenters. The van der Waals surface area contributed by atoms with Crippen LogP contribution in [0.3, 0.4) is 0 Å². The molecule has 0 fully saturated rings. The van der Waals surface area contributed by atoms with Crippen molar-refractivity contribution in [2.24, 2.45) is 0 Å². The maximum absolute atomic E-state index is 2.76. The Balaban J connectivity index is -0.00000320. The van der Waals surface area contributed by atoms with Crippen molar-refractivity contribution in [2.75, 3.05) is 19.6 Å². The van der Waals surface area contributed by atoms with E-state index >= 15 is 0 Å². The maximum atomic E-state index is 2.76. The van der Waals surface area contributed by atoms with Crippen molar-refractivity contribution in [1.82, 2.24) is 4.90 Å². The van der Waals surface area contributed by atoms with Gasteiger partial charge in [0.15, 0.2) is 0 Å². The molecular weight excluding hydrogens is 493 g/mol. The average molecular weight is 550 g/mol. The fraction of sp³-hybridized carbons (Fsp3) is 0.833. The molecule has 4 heteroatoms. The molecule has 1 nitrogen and oxygen atoms in total. The van der Waals surface area contributed by atoms with Gasteiger partial charge in [-0.15, -0.1) is 5.56 Å². The zero-order chi connectivity index (χ0) is 23.2. The van der Waals surface area contributed by atoms with Crippen LogP contribution >= 0.6 is 0 Å². The Hall–Kier alpha value is 0.604. The number of nitrogens with zero attached hydrogens (tertiary/aromatic N) is 1. The summed E-state index contributed by atoms with van der Waals surface area (Å²) in [5, 5.41) is 0. The molecule has 0 aliphatic carbocycles. The molecule has 1 radical (unpaired) electrons. The molecule has 0 saturated carbocycles. The predicted octanol–water partition coefficient (Wildman–Crippen LogP) is 3.57. The SMILES string of the molecule is CCCCN(CCCC)CC[c-]1c(C(C)CCC)cc(C(C)CCC)c1C(C)CCC.[Cl-].[Cl-].[Ti+3]. The zero-order valence-electron chi connectivity index (χ0n) is 23.9. The quantitative estimate of drug-likeness (QED) is 0.200. The third kappa shape index (κ3) is 12.7.